The van der Waals surface area contributed by atoms with E-state index in [4.69, 9.17) is 0 Å². The molecule has 0 bridgehead atoms. The smallest absolute Gasteiger partial charge is 0.0369 e. The van der Waals surface area contributed by atoms with Crippen molar-refractivity contribution in [2.75, 3.05) is 5.75 Å². The molecule has 0 N–H and O–H groups in total. The number of hydrogen-bond acceptors (Lipinski definition) is 3. The molecule has 1 aliphatic heterocycles. The molecule has 3 heterocycles. The second-order valence-corrected chi connectivity index (χ2v) is 13.9. The molecule has 4 rings (SSSR count). The predicted octanol–water partition coefficient (Wildman–Crippen LogP) is 9.53. The second-order valence-electron chi connectivity index (χ2n) is 10.5. The van der Waals surface area contributed by atoms with Gasteiger partial charge >= 0.3 is 0 Å². The van der Waals surface area contributed by atoms with Gasteiger partial charge < -0.3 is 0 Å². The largest absolute Gasteiger partial charge is 0.140 e. The van der Waals surface area contributed by atoms with Gasteiger partial charge in [0.1, 0.15) is 0 Å². The molecule has 0 amide bonds. The van der Waals surface area contributed by atoms with Crippen molar-refractivity contribution in [3.63, 3.8) is 0 Å². The Morgan fingerprint density at radius 2 is 1.62 bits per heavy atom. The van der Waals surface area contributed by atoms with Gasteiger partial charge in [0.15, 0.2) is 0 Å². The summed E-state index contributed by atoms with van der Waals surface area (Å²) in [6.07, 6.45) is 17.9. The van der Waals surface area contributed by atoms with Crippen LogP contribution in [-0.2, 0) is 6.42 Å². The highest BCUT2D eigenvalue weighted by atomic mass is 32.2. The van der Waals surface area contributed by atoms with Crippen molar-refractivity contribution < 1.29 is 0 Å². The zero-order valence-electron chi connectivity index (χ0n) is 21.8. The molecule has 0 nitrogen and oxygen atoms in total. The summed E-state index contributed by atoms with van der Waals surface area (Å²) in [5.74, 6) is 3.27. The third kappa shape index (κ3) is 6.59. The van der Waals surface area contributed by atoms with Gasteiger partial charge in [-0.1, -0.05) is 78.5 Å². The lowest BCUT2D eigenvalue weighted by atomic mass is 10.0. The molecule has 184 valence electrons. The average molecular weight is 511 g/mol. The lowest BCUT2D eigenvalue weighted by Gasteiger charge is -2.11. The standard InChI is InChI=1S/C31H42S3/c1-6-21(3)10-8-12-25-16-23(5)17-27-28-19-24-18-26(13-9-11-22(4)7-2)33-30(24)20-31(28)34-29(27)14-15-32-25/h14,16-23H,6-13,15H2,1-5H3/b25-16-,27-17-,29-14+. The Labute approximate surface area is 219 Å². The van der Waals surface area contributed by atoms with Crippen LogP contribution in [0, 0.1) is 17.8 Å². The molecule has 3 heteroatoms. The van der Waals surface area contributed by atoms with E-state index in [0.717, 1.165) is 17.6 Å². The first-order chi connectivity index (χ1) is 16.5. The summed E-state index contributed by atoms with van der Waals surface area (Å²) in [7, 11) is 0. The Hall–Kier alpha value is -1.03. The Kier molecular flexibility index (Phi) is 9.41. The zero-order valence-corrected chi connectivity index (χ0v) is 24.2. The highest BCUT2D eigenvalue weighted by molar-refractivity contribution is 8.03. The van der Waals surface area contributed by atoms with Crippen molar-refractivity contribution in [3.05, 3.63) is 43.8 Å². The lowest BCUT2D eigenvalue weighted by molar-refractivity contribution is 0.497. The van der Waals surface area contributed by atoms with Gasteiger partial charge in [-0.25, -0.2) is 0 Å². The van der Waals surface area contributed by atoms with Gasteiger partial charge in [-0.05, 0) is 77.1 Å². The van der Waals surface area contributed by atoms with E-state index in [-0.39, 0.29) is 0 Å². The van der Waals surface area contributed by atoms with Crippen molar-refractivity contribution in [1.82, 2.24) is 0 Å². The van der Waals surface area contributed by atoms with E-state index in [1.165, 1.54) is 81.3 Å². The first kappa shape index (κ1) is 26.0. The van der Waals surface area contributed by atoms with Gasteiger partial charge in [0.05, 0.1) is 0 Å². The van der Waals surface area contributed by atoms with Crippen molar-refractivity contribution in [2.45, 2.75) is 86.0 Å². The molecule has 0 spiro atoms. The molecule has 1 aromatic carbocycles. The van der Waals surface area contributed by atoms with Crippen molar-refractivity contribution >= 4 is 66.8 Å². The fraction of sp³-hybridized carbons (Fsp3) is 0.548. The van der Waals surface area contributed by atoms with E-state index in [1.54, 1.807) is 9.78 Å². The van der Waals surface area contributed by atoms with E-state index >= 15 is 0 Å². The fourth-order valence-electron chi connectivity index (χ4n) is 4.86. The van der Waals surface area contributed by atoms with E-state index in [0.29, 0.717) is 5.92 Å². The summed E-state index contributed by atoms with van der Waals surface area (Å²) in [6.45, 7) is 11.8. The predicted molar refractivity (Wildman–Crippen MR) is 161 cm³/mol. The third-order valence-corrected chi connectivity index (χ3v) is 10.9. The van der Waals surface area contributed by atoms with Crippen LogP contribution in [0.15, 0.2) is 29.2 Å². The average Bonchev–Trinajstić information content (AvgIpc) is 3.37. The second kappa shape index (κ2) is 12.3. The first-order valence-corrected chi connectivity index (χ1v) is 16.1. The van der Waals surface area contributed by atoms with E-state index < -0.39 is 0 Å². The minimum Gasteiger partial charge on any atom is -0.140 e. The topological polar surface area (TPSA) is 0 Å². The van der Waals surface area contributed by atoms with Crippen LogP contribution in [0.25, 0.3) is 32.3 Å². The van der Waals surface area contributed by atoms with E-state index in [2.05, 4.69) is 82.8 Å². The molecule has 3 unspecified atom stereocenters. The van der Waals surface area contributed by atoms with Crippen LogP contribution in [0.5, 0.6) is 0 Å². The summed E-state index contributed by atoms with van der Waals surface area (Å²) < 4.78 is 4.38. The van der Waals surface area contributed by atoms with Gasteiger partial charge in [-0.15, -0.1) is 34.4 Å². The van der Waals surface area contributed by atoms with Crippen LogP contribution in [0.2, 0.25) is 0 Å². The summed E-state index contributed by atoms with van der Waals surface area (Å²) in [5, 5.41) is 4.36. The number of hydrogen-bond donors (Lipinski definition) is 0. The molecular weight excluding hydrogens is 469 g/mol. The van der Waals surface area contributed by atoms with Crippen LogP contribution in [0.3, 0.4) is 0 Å². The lowest BCUT2D eigenvalue weighted by Crippen LogP contribution is -2.19. The van der Waals surface area contributed by atoms with Crippen LogP contribution >= 0.6 is 34.4 Å². The van der Waals surface area contributed by atoms with Gasteiger partial charge in [-0.2, -0.15) is 0 Å². The number of allylic oxidation sites excluding steroid dienone is 2. The Morgan fingerprint density at radius 3 is 2.35 bits per heavy atom. The third-order valence-electron chi connectivity index (χ3n) is 7.49. The molecule has 0 fully saturated rings. The minimum atomic E-state index is 0.475. The monoisotopic (exact) mass is 510 g/mol. The highest BCUT2D eigenvalue weighted by Gasteiger charge is 2.11. The van der Waals surface area contributed by atoms with Crippen LogP contribution in [0.4, 0.5) is 0 Å². The molecule has 3 aromatic rings. The summed E-state index contributed by atoms with van der Waals surface area (Å²) >= 11 is 6.06. The summed E-state index contributed by atoms with van der Waals surface area (Å²) in [5.41, 5.74) is 0. The number of thiophene rings is 2. The van der Waals surface area contributed by atoms with Crippen LogP contribution < -0.4 is 9.75 Å². The summed E-state index contributed by atoms with van der Waals surface area (Å²) in [6, 6.07) is 7.41. The molecule has 0 aliphatic carbocycles. The fourth-order valence-corrected chi connectivity index (χ4v) is 8.38. The molecule has 34 heavy (non-hydrogen) atoms. The van der Waals surface area contributed by atoms with Crippen molar-refractivity contribution in [1.29, 1.82) is 0 Å². The van der Waals surface area contributed by atoms with Gasteiger partial charge in [0, 0.05) is 29.9 Å². The van der Waals surface area contributed by atoms with Crippen LogP contribution in [-0.4, -0.2) is 5.75 Å². The Morgan fingerprint density at radius 1 is 0.882 bits per heavy atom. The normalized spacial score (nSPS) is 21.9. The molecule has 3 atom stereocenters. The molecule has 0 saturated heterocycles. The maximum Gasteiger partial charge on any atom is 0.0369 e. The molecular formula is C31H42S3. The number of rotatable bonds is 10. The minimum absolute atomic E-state index is 0.475. The molecule has 0 radical (unpaired) electrons. The number of aryl methyl sites for hydroxylation is 1. The van der Waals surface area contributed by atoms with Crippen LogP contribution in [0.1, 0.15) is 84.4 Å². The number of fused-ring (bicyclic) bond motifs is 4. The van der Waals surface area contributed by atoms with Crippen molar-refractivity contribution in [2.24, 2.45) is 17.8 Å². The van der Waals surface area contributed by atoms with E-state index in [9.17, 15) is 0 Å². The quantitative estimate of drug-likeness (QED) is 0.262. The van der Waals surface area contributed by atoms with E-state index in [1.807, 2.05) is 22.7 Å². The maximum absolute atomic E-state index is 2.53. The van der Waals surface area contributed by atoms with Crippen molar-refractivity contribution in [3.8, 4) is 0 Å². The number of benzene rings is 1. The number of thioether (sulfide) groups is 1. The Bertz CT molecular complexity index is 1240. The molecule has 1 aliphatic rings. The molecule has 2 aromatic heterocycles. The van der Waals surface area contributed by atoms with Gasteiger partial charge in [0.2, 0.25) is 0 Å². The molecule has 0 saturated carbocycles. The maximum atomic E-state index is 2.53. The SMILES string of the molecule is CCC(C)CCC/C1=C/C(C)/C=c2\c(sc3cc4sc(CCCC(C)CC)cc4cc23)=C/CS1. The summed E-state index contributed by atoms with van der Waals surface area (Å²) in [4.78, 5) is 3.14. The highest BCUT2D eigenvalue weighted by Crippen LogP contribution is 2.32. The zero-order chi connectivity index (χ0) is 24.1. The van der Waals surface area contributed by atoms with Gasteiger partial charge in [-0.3, -0.25) is 0 Å². The van der Waals surface area contributed by atoms with Gasteiger partial charge in [0.25, 0.3) is 0 Å². The first-order valence-electron chi connectivity index (χ1n) is 13.5. The Balaban J connectivity index is 1.58.